The van der Waals surface area contributed by atoms with Gasteiger partial charge in [0.15, 0.2) is 0 Å². The monoisotopic (exact) mass is 257 g/mol. The first-order valence-electron chi connectivity index (χ1n) is 6.28. The molecule has 0 saturated carbocycles. The molecule has 0 fully saturated rings. The summed E-state index contributed by atoms with van der Waals surface area (Å²) in [6.07, 6.45) is 7.65. The fourth-order valence-corrected chi connectivity index (χ4v) is 2.19. The number of nitrogens with one attached hydrogen (secondary N) is 1. The second kappa shape index (κ2) is 6.01. The van der Waals surface area contributed by atoms with E-state index in [1.54, 1.807) is 6.07 Å². The van der Waals surface area contributed by atoms with Crippen LogP contribution in [0, 0.1) is 27.4 Å². The number of rotatable bonds is 4. The number of hydrogen-bond acceptors (Lipinski definition) is 4. The van der Waals surface area contributed by atoms with Crippen LogP contribution in [0.25, 0.3) is 0 Å². The maximum atomic E-state index is 10.9. The van der Waals surface area contributed by atoms with E-state index >= 15 is 0 Å². The third-order valence-corrected chi connectivity index (χ3v) is 3.29. The number of nitro benzene ring substituents is 1. The van der Waals surface area contributed by atoms with Crippen LogP contribution in [-0.2, 0) is 0 Å². The average Bonchev–Trinajstić information content (AvgIpc) is 2.46. The number of allylic oxidation sites excluding steroid dienone is 2. The van der Waals surface area contributed by atoms with E-state index < -0.39 is 4.92 Å². The van der Waals surface area contributed by atoms with Crippen LogP contribution in [0.15, 0.2) is 30.4 Å². The van der Waals surface area contributed by atoms with Gasteiger partial charge in [0.2, 0.25) is 0 Å². The minimum absolute atomic E-state index is 0.0937. The molecule has 0 aliphatic heterocycles. The van der Waals surface area contributed by atoms with Gasteiger partial charge in [-0.1, -0.05) is 12.2 Å². The van der Waals surface area contributed by atoms with Crippen molar-refractivity contribution in [2.24, 2.45) is 5.92 Å². The lowest BCUT2D eigenvalue weighted by Crippen LogP contribution is -2.15. The molecule has 0 bridgehead atoms. The topological polar surface area (TPSA) is 79.0 Å². The molecule has 5 heteroatoms. The number of nitro groups is 1. The lowest BCUT2D eigenvalue weighted by Gasteiger charge is -2.18. The maximum Gasteiger partial charge on any atom is 0.289 e. The minimum atomic E-state index is -0.521. The van der Waals surface area contributed by atoms with Crippen LogP contribution in [0.1, 0.15) is 24.8 Å². The van der Waals surface area contributed by atoms with E-state index in [9.17, 15) is 10.1 Å². The van der Waals surface area contributed by atoms with Crippen molar-refractivity contribution >= 4 is 11.4 Å². The molecule has 1 aromatic carbocycles. The zero-order chi connectivity index (χ0) is 13.7. The summed E-state index contributed by atoms with van der Waals surface area (Å²) >= 11 is 0. The first kappa shape index (κ1) is 13.1. The molecule has 0 saturated heterocycles. The Morgan fingerprint density at radius 3 is 2.95 bits per heavy atom. The second-order valence-corrected chi connectivity index (χ2v) is 4.63. The van der Waals surface area contributed by atoms with E-state index in [2.05, 4.69) is 17.5 Å². The SMILES string of the molecule is N#Cc1ccc(NCC2CC=CCC2)cc1[N+](=O)[O-]. The number of nitrogens with zero attached hydrogens (tertiary/aromatic N) is 2. The highest BCUT2D eigenvalue weighted by Gasteiger charge is 2.15. The summed E-state index contributed by atoms with van der Waals surface area (Å²) in [5.74, 6) is 0.569. The van der Waals surface area contributed by atoms with Crippen molar-refractivity contribution in [3.05, 3.63) is 46.0 Å². The highest BCUT2D eigenvalue weighted by molar-refractivity contribution is 5.59. The summed E-state index contributed by atoms with van der Waals surface area (Å²) in [5, 5.41) is 22.9. The molecule has 0 amide bonds. The van der Waals surface area contributed by atoms with Crippen molar-refractivity contribution in [2.75, 3.05) is 11.9 Å². The van der Waals surface area contributed by atoms with Gasteiger partial charge in [0, 0.05) is 18.3 Å². The van der Waals surface area contributed by atoms with Crippen LogP contribution < -0.4 is 5.32 Å². The van der Waals surface area contributed by atoms with Crippen molar-refractivity contribution in [1.82, 2.24) is 0 Å². The molecule has 5 nitrogen and oxygen atoms in total. The van der Waals surface area contributed by atoms with Gasteiger partial charge in [-0.05, 0) is 37.3 Å². The van der Waals surface area contributed by atoms with Gasteiger partial charge in [0.1, 0.15) is 11.6 Å². The highest BCUT2D eigenvalue weighted by atomic mass is 16.6. The van der Waals surface area contributed by atoms with Crippen molar-refractivity contribution in [3.63, 3.8) is 0 Å². The molecule has 0 heterocycles. The average molecular weight is 257 g/mol. The molecule has 19 heavy (non-hydrogen) atoms. The Bertz CT molecular complexity index is 546. The first-order valence-corrected chi connectivity index (χ1v) is 6.28. The molecule has 1 N–H and O–H groups in total. The third-order valence-electron chi connectivity index (χ3n) is 3.29. The zero-order valence-corrected chi connectivity index (χ0v) is 10.5. The maximum absolute atomic E-state index is 10.9. The van der Waals surface area contributed by atoms with Crippen molar-refractivity contribution in [1.29, 1.82) is 5.26 Å². The summed E-state index contributed by atoms with van der Waals surface area (Å²) in [6.45, 7) is 0.799. The van der Waals surface area contributed by atoms with E-state index in [0.717, 1.165) is 25.8 Å². The van der Waals surface area contributed by atoms with Gasteiger partial charge < -0.3 is 5.32 Å². The fraction of sp³-hybridized carbons (Fsp3) is 0.357. The summed E-state index contributed by atoms with van der Waals surface area (Å²) in [6, 6.07) is 6.46. The fourth-order valence-electron chi connectivity index (χ4n) is 2.19. The van der Waals surface area contributed by atoms with Crippen LogP contribution in [0.2, 0.25) is 0 Å². The van der Waals surface area contributed by atoms with E-state index in [0.29, 0.717) is 11.6 Å². The molecule has 0 spiro atoms. The van der Waals surface area contributed by atoms with Crippen LogP contribution in [0.3, 0.4) is 0 Å². The molecule has 0 radical (unpaired) electrons. The Labute approximate surface area is 111 Å². The highest BCUT2D eigenvalue weighted by Crippen LogP contribution is 2.24. The van der Waals surface area contributed by atoms with Gasteiger partial charge in [-0.15, -0.1) is 0 Å². The second-order valence-electron chi connectivity index (χ2n) is 4.63. The summed E-state index contributed by atoms with van der Waals surface area (Å²) in [7, 11) is 0. The van der Waals surface area contributed by atoms with Gasteiger partial charge in [0.25, 0.3) is 5.69 Å². The molecule has 0 aromatic heterocycles. The molecule has 1 aromatic rings. The lowest BCUT2D eigenvalue weighted by atomic mass is 9.94. The number of nitriles is 1. The minimum Gasteiger partial charge on any atom is -0.385 e. The van der Waals surface area contributed by atoms with Gasteiger partial charge in [-0.25, -0.2) is 0 Å². The molecule has 1 aliphatic carbocycles. The summed E-state index contributed by atoms with van der Waals surface area (Å²) in [5.41, 5.74) is 0.646. The predicted molar refractivity (Wildman–Crippen MR) is 72.8 cm³/mol. The van der Waals surface area contributed by atoms with Crippen molar-refractivity contribution in [2.45, 2.75) is 19.3 Å². The van der Waals surface area contributed by atoms with Crippen molar-refractivity contribution < 1.29 is 4.92 Å². The number of anilines is 1. The molecule has 98 valence electrons. The van der Waals surface area contributed by atoms with Gasteiger partial charge >= 0.3 is 0 Å². The molecule has 2 rings (SSSR count). The zero-order valence-electron chi connectivity index (χ0n) is 10.5. The van der Waals surface area contributed by atoms with Gasteiger partial charge in [-0.2, -0.15) is 5.26 Å². The Balaban J connectivity index is 2.05. The van der Waals surface area contributed by atoms with Gasteiger partial charge in [-0.3, -0.25) is 10.1 Å². The van der Waals surface area contributed by atoms with Crippen LogP contribution >= 0.6 is 0 Å². The van der Waals surface area contributed by atoms with E-state index in [1.807, 2.05) is 6.07 Å². The van der Waals surface area contributed by atoms with E-state index in [4.69, 9.17) is 5.26 Å². The van der Waals surface area contributed by atoms with Crippen LogP contribution in [0.5, 0.6) is 0 Å². The molecular weight excluding hydrogens is 242 g/mol. The Hall–Kier alpha value is -2.35. The third kappa shape index (κ3) is 3.32. The standard InChI is InChI=1S/C14H15N3O2/c15-9-12-6-7-13(8-14(12)17(18)19)16-10-11-4-2-1-3-5-11/h1-2,6-8,11,16H,3-5,10H2. The first-order chi connectivity index (χ1) is 9.20. The Kier molecular flexibility index (Phi) is 4.14. The smallest absolute Gasteiger partial charge is 0.289 e. The molecule has 1 aliphatic rings. The van der Waals surface area contributed by atoms with E-state index in [1.165, 1.54) is 12.1 Å². The van der Waals surface area contributed by atoms with Gasteiger partial charge in [0.05, 0.1) is 4.92 Å². The van der Waals surface area contributed by atoms with Crippen LogP contribution in [0.4, 0.5) is 11.4 Å². The lowest BCUT2D eigenvalue weighted by molar-refractivity contribution is -0.385. The van der Waals surface area contributed by atoms with E-state index in [-0.39, 0.29) is 11.3 Å². The molecule has 1 unspecified atom stereocenters. The van der Waals surface area contributed by atoms with Crippen molar-refractivity contribution in [3.8, 4) is 6.07 Å². The van der Waals surface area contributed by atoms with Crippen LogP contribution in [-0.4, -0.2) is 11.5 Å². The Morgan fingerprint density at radius 1 is 1.47 bits per heavy atom. The molecule has 1 atom stereocenters. The summed E-state index contributed by atoms with van der Waals surface area (Å²) in [4.78, 5) is 10.3. The normalized spacial score (nSPS) is 17.7. The quantitative estimate of drug-likeness (QED) is 0.510. The Morgan fingerprint density at radius 2 is 2.32 bits per heavy atom. The number of hydrogen-bond donors (Lipinski definition) is 1. The molecular formula is C14H15N3O2. The largest absolute Gasteiger partial charge is 0.385 e. The predicted octanol–water partition coefficient (Wildman–Crippen LogP) is 3.23. The number of benzene rings is 1. The summed E-state index contributed by atoms with van der Waals surface area (Å²) < 4.78 is 0.